The fourth-order valence-corrected chi connectivity index (χ4v) is 3.17. The standard InChI is InChI=1S/C16H17N7O/c1-22-11-6-4-3-5-10(11)13-14(22)16(23(2)21-15(13)20-17)24-12-9-18-7-8-19-12/h3-9,13H,17H2,1-2H3,(H,20,21). The zero-order valence-electron chi connectivity index (χ0n) is 13.3. The summed E-state index contributed by atoms with van der Waals surface area (Å²) in [5.74, 6) is 7.22. The molecule has 2 aliphatic rings. The molecule has 24 heavy (non-hydrogen) atoms. The van der Waals surface area contributed by atoms with E-state index in [-0.39, 0.29) is 5.92 Å². The number of rotatable bonds is 2. The maximum absolute atomic E-state index is 6.01. The number of fused-ring (bicyclic) bond motifs is 3. The summed E-state index contributed by atoms with van der Waals surface area (Å²) >= 11 is 0. The van der Waals surface area contributed by atoms with E-state index in [2.05, 4.69) is 37.5 Å². The van der Waals surface area contributed by atoms with Gasteiger partial charge in [-0.3, -0.25) is 15.4 Å². The fraction of sp³-hybridized carbons (Fsp3) is 0.188. The molecule has 8 heteroatoms. The van der Waals surface area contributed by atoms with Crippen LogP contribution in [0.15, 0.2) is 59.5 Å². The summed E-state index contributed by atoms with van der Waals surface area (Å²) in [4.78, 5) is 10.3. The highest BCUT2D eigenvalue weighted by molar-refractivity contribution is 5.97. The zero-order chi connectivity index (χ0) is 16.7. The van der Waals surface area contributed by atoms with Crippen molar-refractivity contribution in [3.05, 3.63) is 60.0 Å². The predicted octanol–water partition coefficient (Wildman–Crippen LogP) is 0.980. The van der Waals surface area contributed by atoms with Crippen molar-refractivity contribution in [2.24, 2.45) is 10.9 Å². The highest BCUT2D eigenvalue weighted by atomic mass is 16.5. The van der Waals surface area contributed by atoms with Crippen molar-refractivity contribution in [1.82, 2.24) is 20.4 Å². The number of hydrazine groups is 1. The number of anilines is 1. The number of nitrogens with two attached hydrogens (primary N) is 1. The number of hydrazone groups is 1. The van der Waals surface area contributed by atoms with Gasteiger partial charge in [-0.1, -0.05) is 18.2 Å². The van der Waals surface area contributed by atoms with Crippen LogP contribution in [-0.4, -0.2) is 34.9 Å². The van der Waals surface area contributed by atoms with Gasteiger partial charge in [-0.15, -0.1) is 0 Å². The first-order chi connectivity index (χ1) is 11.7. The van der Waals surface area contributed by atoms with Gasteiger partial charge < -0.3 is 15.5 Å². The van der Waals surface area contributed by atoms with Crippen LogP contribution < -0.4 is 20.9 Å². The van der Waals surface area contributed by atoms with Crippen LogP contribution in [0.25, 0.3) is 0 Å². The van der Waals surface area contributed by atoms with Gasteiger partial charge in [0.1, 0.15) is 0 Å². The molecule has 1 aromatic heterocycles. The number of ether oxygens (including phenoxy) is 1. The average Bonchev–Trinajstić information content (AvgIpc) is 2.92. The SMILES string of the molecule is CN1N/C(=N\N)C2C(=C1Oc1cnccn1)N(C)c1ccccc12. The summed E-state index contributed by atoms with van der Waals surface area (Å²) in [6.45, 7) is 0. The van der Waals surface area contributed by atoms with Gasteiger partial charge in [0.2, 0.25) is 11.8 Å². The van der Waals surface area contributed by atoms with Crippen molar-refractivity contribution in [2.45, 2.75) is 5.92 Å². The Morgan fingerprint density at radius 3 is 2.83 bits per heavy atom. The Kier molecular flexibility index (Phi) is 3.23. The average molecular weight is 323 g/mol. The molecule has 4 rings (SSSR count). The first-order valence-corrected chi connectivity index (χ1v) is 7.49. The van der Waals surface area contributed by atoms with Crippen LogP contribution in [0.4, 0.5) is 5.69 Å². The summed E-state index contributed by atoms with van der Waals surface area (Å²) in [7, 11) is 3.85. The molecule has 0 fully saturated rings. The second-order valence-electron chi connectivity index (χ2n) is 5.57. The minimum absolute atomic E-state index is 0.112. The second-order valence-corrected chi connectivity index (χ2v) is 5.57. The first-order valence-electron chi connectivity index (χ1n) is 7.49. The number of aromatic nitrogens is 2. The van der Waals surface area contributed by atoms with Gasteiger partial charge in [0.15, 0.2) is 5.84 Å². The smallest absolute Gasteiger partial charge is 0.239 e. The highest BCUT2D eigenvalue weighted by Crippen LogP contribution is 2.46. The molecule has 0 saturated carbocycles. The second kappa shape index (κ2) is 5.41. The molecule has 0 spiro atoms. The lowest BCUT2D eigenvalue weighted by molar-refractivity contribution is 0.200. The lowest BCUT2D eigenvalue weighted by Crippen LogP contribution is -2.49. The molecule has 122 valence electrons. The normalized spacial score (nSPS) is 20.8. The number of hydrogen-bond donors (Lipinski definition) is 2. The number of hydrogen-bond acceptors (Lipinski definition) is 7. The van der Waals surface area contributed by atoms with Gasteiger partial charge in [-0.2, -0.15) is 5.10 Å². The number of para-hydroxylation sites is 1. The Bertz CT molecular complexity index is 833. The molecule has 1 atom stereocenters. The number of nitrogens with zero attached hydrogens (tertiary/aromatic N) is 5. The van der Waals surface area contributed by atoms with Crippen LogP contribution in [0.3, 0.4) is 0 Å². The Morgan fingerprint density at radius 2 is 2.08 bits per heavy atom. The number of nitrogens with one attached hydrogen (secondary N) is 1. The maximum atomic E-state index is 6.01. The van der Waals surface area contributed by atoms with Gasteiger partial charge in [-0.05, 0) is 11.6 Å². The summed E-state index contributed by atoms with van der Waals surface area (Å²) < 4.78 is 6.01. The molecule has 0 radical (unpaired) electrons. The van der Waals surface area contributed by atoms with Gasteiger partial charge in [0, 0.05) is 32.2 Å². The molecule has 0 aliphatic carbocycles. The lowest BCUT2D eigenvalue weighted by atomic mass is 9.96. The van der Waals surface area contributed by atoms with Gasteiger partial charge in [0.25, 0.3) is 0 Å². The first kappa shape index (κ1) is 14.3. The number of amidine groups is 1. The topological polar surface area (TPSA) is 91.9 Å². The van der Waals surface area contributed by atoms with E-state index in [1.165, 1.54) is 0 Å². The van der Waals surface area contributed by atoms with E-state index < -0.39 is 0 Å². The number of likely N-dealkylation sites (N-methyl/N-ethyl adjacent to an activating group) is 1. The Morgan fingerprint density at radius 1 is 1.25 bits per heavy atom. The van der Waals surface area contributed by atoms with E-state index in [0.717, 1.165) is 16.9 Å². The van der Waals surface area contributed by atoms with Crippen LogP contribution in [0, 0.1) is 0 Å². The molecular formula is C16H17N7O. The minimum Gasteiger partial charge on any atom is -0.417 e. The van der Waals surface area contributed by atoms with Crippen molar-refractivity contribution < 1.29 is 4.74 Å². The molecule has 1 aromatic carbocycles. The molecule has 3 N–H and O–H groups in total. The summed E-state index contributed by atoms with van der Waals surface area (Å²) in [5, 5.41) is 5.68. The Balaban J connectivity index is 1.87. The van der Waals surface area contributed by atoms with Gasteiger partial charge >= 0.3 is 0 Å². The molecule has 1 unspecified atom stereocenters. The third-order valence-corrected chi connectivity index (χ3v) is 4.20. The van der Waals surface area contributed by atoms with Crippen molar-refractivity contribution in [1.29, 1.82) is 0 Å². The lowest BCUT2D eigenvalue weighted by Gasteiger charge is -2.35. The van der Waals surface area contributed by atoms with E-state index in [0.29, 0.717) is 17.6 Å². The van der Waals surface area contributed by atoms with Crippen LogP contribution >= 0.6 is 0 Å². The van der Waals surface area contributed by atoms with Crippen molar-refractivity contribution in [3.63, 3.8) is 0 Å². The van der Waals surface area contributed by atoms with Crippen LogP contribution in [-0.2, 0) is 0 Å². The Labute approximate surface area is 139 Å². The zero-order valence-corrected chi connectivity index (χ0v) is 13.3. The van der Waals surface area contributed by atoms with Gasteiger partial charge in [-0.25, -0.2) is 4.98 Å². The Hall–Kier alpha value is -3.29. The molecule has 2 aliphatic heterocycles. The highest BCUT2D eigenvalue weighted by Gasteiger charge is 2.43. The predicted molar refractivity (Wildman–Crippen MR) is 89.8 cm³/mol. The largest absolute Gasteiger partial charge is 0.417 e. The third-order valence-electron chi connectivity index (χ3n) is 4.20. The quantitative estimate of drug-likeness (QED) is 0.629. The van der Waals surface area contributed by atoms with Gasteiger partial charge in [0.05, 0.1) is 17.8 Å². The van der Waals surface area contributed by atoms with E-state index in [1.54, 1.807) is 23.6 Å². The molecule has 0 amide bonds. The van der Waals surface area contributed by atoms with Crippen LogP contribution in [0.2, 0.25) is 0 Å². The third kappa shape index (κ3) is 2.03. The number of benzene rings is 1. The molecular weight excluding hydrogens is 306 g/mol. The maximum Gasteiger partial charge on any atom is 0.239 e. The van der Waals surface area contributed by atoms with Crippen molar-refractivity contribution in [2.75, 3.05) is 19.0 Å². The van der Waals surface area contributed by atoms with Crippen LogP contribution in [0.1, 0.15) is 11.5 Å². The van der Waals surface area contributed by atoms with E-state index in [9.17, 15) is 0 Å². The van der Waals surface area contributed by atoms with Crippen molar-refractivity contribution >= 4 is 11.5 Å². The monoisotopic (exact) mass is 323 g/mol. The summed E-state index contributed by atoms with van der Waals surface area (Å²) in [6.07, 6.45) is 4.77. The summed E-state index contributed by atoms with van der Waals surface area (Å²) in [6, 6.07) is 8.15. The molecule has 8 nitrogen and oxygen atoms in total. The van der Waals surface area contributed by atoms with E-state index >= 15 is 0 Å². The molecule has 0 saturated heterocycles. The summed E-state index contributed by atoms with van der Waals surface area (Å²) in [5.41, 5.74) is 6.34. The molecule has 0 bridgehead atoms. The fourth-order valence-electron chi connectivity index (χ4n) is 3.17. The van der Waals surface area contributed by atoms with Crippen molar-refractivity contribution in [3.8, 4) is 5.88 Å². The minimum atomic E-state index is -0.112. The molecule has 3 heterocycles. The van der Waals surface area contributed by atoms with E-state index in [1.807, 2.05) is 26.2 Å². The van der Waals surface area contributed by atoms with Crippen LogP contribution in [0.5, 0.6) is 5.88 Å². The molecule has 2 aromatic rings. The van der Waals surface area contributed by atoms with E-state index in [4.69, 9.17) is 10.6 Å².